The van der Waals surface area contributed by atoms with E-state index in [0.717, 1.165) is 17.5 Å². The monoisotopic (exact) mass is 256 g/mol. The van der Waals surface area contributed by atoms with E-state index in [-0.39, 0.29) is 5.82 Å². The lowest BCUT2D eigenvalue weighted by atomic mass is 10.1. The zero-order valence-electron chi connectivity index (χ0n) is 10.3. The van der Waals surface area contributed by atoms with Gasteiger partial charge in [-0.25, -0.2) is 9.37 Å². The molecule has 0 atom stereocenters. The predicted octanol–water partition coefficient (Wildman–Crippen LogP) is 3.14. The first-order chi connectivity index (χ1) is 9.26. The van der Waals surface area contributed by atoms with E-state index in [1.54, 1.807) is 6.07 Å². The van der Waals surface area contributed by atoms with E-state index in [1.165, 1.54) is 12.1 Å². The standard InChI is InChI=1S/C15H13FN2O/c16-12-4-5-13-14(9-12)19-15(18-13)11-3-1-2-10(8-11)6-7-17/h1-5,8-9H,6-7,17H2. The van der Waals surface area contributed by atoms with Crippen LogP contribution in [-0.4, -0.2) is 11.5 Å². The molecular formula is C15H13FN2O. The van der Waals surface area contributed by atoms with Crippen LogP contribution in [0.15, 0.2) is 46.9 Å². The molecule has 0 amide bonds. The summed E-state index contributed by atoms with van der Waals surface area (Å²) in [5.41, 5.74) is 8.67. The SMILES string of the molecule is NCCc1cccc(-c2nc3ccc(F)cc3o2)c1. The van der Waals surface area contributed by atoms with E-state index >= 15 is 0 Å². The fourth-order valence-electron chi connectivity index (χ4n) is 2.05. The first-order valence-electron chi connectivity index (χ1n) is 6.12. The molecule has 19 heavy (non-hydrogen) atoms. The number of fused-ring (bicyclic) bond motifs is 1. The molecule has 0 aliphatic carbocycles. The van der Waals surface area contributed by atoms with Crippen LogP contribution in [-0.2, 0) is 6.42 Å². The Morgan fingerprint density at radius 2 is 2.05 bits per heavy atom. The quantitative estimate of drug-likeness (QED) is 0.783. The fraction of sp³-hybridized carbons (Fsp3) is 0.133. The molecule has 0 aliphatic heterocycles. The second-order valence-electron chi connectivity index (χ2n) is 4.37. The van der Waals surface area contributed by atoms with Gasteiger partial charge >= 0.3 is 0 Å². The minimum Gasteiger partial charge on any atom is -0.436 e. The average molecular weight is 256 g/mol. The largest absolute Gasteiger partial charge is 0.436 e. The Hall–Kier alpha value is -2.20. The number of benzene rings is 2. The molecule has 0 saturated carbocycles. The minimum absolute atomic E-state index is 0.327. The molecule has 1 aromatic heterocycles. The van der Waals surface area contributed by atoms with Crippen LogP contribution < -0.4 is 5.73 Å². The summed E-state index contributed by atoms with van der Waals surface area (Å²) in [6, 6.07) is 12.2. The summed E-state index contributed by atoms with van der Waals surface area (Å²) < 4.78 is 18.7. The van der Waals surface area contributed by atoms with Gasteiger partial charge in [-0.15, -0.1) is 0 Å². The highest BCUT2D eigenvalue weighted by molar-refractivity contribution is 5.76. The van der Waals surface area contributed by atoms with Gasteiger partial charge in [0, 0.05) is 11.6 Å². The normalized spacial score (nSPS) is 11.1. The van der Waals surface area contributed by atoms with Crippen molar-refractivity contribution in [3.63, 3.8) is 0 Å². The maximum Gasteiger partial charge on any atom is 0.227 e. The first kappa shape index (κ1) is 11.9. The van der Waals surface area contributed by atoms with Crippen LogP contribution in [0.2, 0.25) is 0 Å². The third-order valence-corrected chi connectivity index (χ3v) is 2.96. The van der Waals surface area contributed by atoms with Crippen LogP contribution in [0.3, 0.4) is 0 Å². The number of hydrogen-bond acceptors (Lipinski definition) is 3. The highest BCUT2D eigenvalue weighted by Gasteiger charge is 2.09. The molecule has 3 aromatic rings. The Kier molecular flexibility index (Phi) is 3.01. The van der Waals surface area contributed by atoms with Crippen molar-refractivity contribution in [3.05, 3.63) is 53.8 Å². The van der Waals surface area contributed by atoms with Gasteiger partial charge < -0.3 is 10.2 Å². The summed E-state index contributed by atoms with van der Waals surface area (Å²) in [5, 5.41) is 0. The van der Waals surface area contributed by atoms with Crippen LogP contribution in [0, 0.1) is 5.82 Å². The summed E-state index contributed by atoms with van der Waals surface area (Å²) in [4.78, 5) is 4.36. The summed E-state index contributed by atoms with van der Waals surface area (Å²) in [7, 11) is 0. The van der Waals surface area contributed by atoms with Gasteiger partial charge in [0.15, 0.2) is 5.58 Å². The molecule has 0 bridgehead atoms. The van der Waals surface area contributed by atoms with Gasteiger partial charge in [-0.3, -0.25) is 0 Å². The highest BCUT2D eigenvalue weighted by Crippen LogP contribution is 2.25. The van der Waals surface area contributed by atoms with Crippen molar-refractivity contribution < 1.29 is 8.81 Å². The molecule has 4 heteroatoms. The third-order valence-electron chi connectivity index (χ3n) is 2.96. The zero-order chi connectivity index (χ0) is 13.2. The number of nitrogens with two attached hydrogens (primary N) is 1. The molecule has 1 heterocycles. The minimum atomic E-state index is -0.327. The average Bonchev–Trinajstić information content (AvgIpc) is 2.82. The van der Waals surface area contributed by atoms with Gasteiger partial charge in [-0.2, -0.15) is 0 Å². The molecule has 0 fully saturated rings. The third kappa shape index (κ3) is 2.35. The Morgan fingerprint density at radius 3 is 2.89 bits per heavy atom. The molecular weight excluding hydrogens is 243 g/mol. The second kappa shape index (κ2) is 4.82. The van der Waals surface area contributed by atoms with E-state index < -0.39 is 0 Å². The van der Waals surface area contributed by atoms with E-state index in [1.807, 2.05) is 24.3 Å². The van der Waals surface area contributed by atoms with Crippen LogP contribution in [0.25, 0.3) is 22.6 Å². The number of rotatable bonds is 3. The molecule has 2 N–H and O–H groups in total. The van der Waals surface area contributed by atoms with Gasteiger partial charge in [0.1, 0.15) is 11.3 Å². The van der Waals surface area contributed by atoms with E-state index in [9.17, 15) is 4.39 Å². The molecule has 0 saturated heterocycles. The van der Waals surface area contributed by atoms with E-state index in [0.29, 0.717) is 23.5 Å². The highest BCUT2D eigenvalue weighted by atomic mass is 19.1. The van der Waals surface area contributed by atoms with Gasteiger partial charge in [-0.1, -0.05) is 12.1 Å². The van der Waals surface area contributed by atoms with Crippen molar-refractivity contribution in [3.8, 4) is 11.5 Å². The number of oxazole rings is 1. The smallest absolute Gasteiger partial charge is 0.227 e. The molecule has 0 aliphatic rings. The van der Waals surface area contributed by atoms with Crippen molar-refractivity contribution in [1.29, 1.82) is 0 Å². The van der Waals surface area contributed by atoms with Gasteiger partial charge in [-0.05, 0) is 42.8 Å². The molecule has 3 nitrogen and oxygen atoms in total. The number of halogens is 1. The number of nitrogens with zero attached hydrogens (tertiary/aromatic N) is 1. The first-order valence-corrected chi connectivity index (χ1v) is 6.12. The lowest BCUT2D eigenvalue weighted by molar-refractivity contribution is 0.602. The van der Waals surface area contributed by atoms with Gasteiger partial charge in [0.25, 0.3) is 0 Å². The van der Waals surface area contributed by atoms with Crippen molar-refractivity contribution in [2.75, 3.05) is 6.54 Å². The number of aromatic nitrogens is 1. The van der Waals surface area contributed by atoms with E-state index in [2.05, 4.69) is 4.98 Å². The predicted molar refractivity (Wildman–Crippen MR) is 72.2 cm³/mol. The topological polar surface area (TPSA) is 52.0 Å². The molecule has 0 unspecified atom stereocenters. The Morgan fingerprint density at radius 1 is 1.16 bits per heavy atom. The molecule has 0 radical (unpaired) electrons. The van der Waals surface area contributed by atoms with Crippen LogP contribution in [0.1, 0.15) is 5.56 Å². The van der Waals surface area contributed by atoms with Gasteiger partial charge in [0.05, 0.1) is 0 Å². The summed E-state index contributed by atoms with van der Waals surface area (Å²) in [6.45, 7) is 0.599. The summed E-state index contributed by atoms with van der Waals surface area (Å²) in [6.07, 6.45) is 0.808. The molecule has 96 valence electrons. The molecule has 3 rings (SSSR count). The van der Waals surface area contributed by atoms with Crippen molar-refractivity contribution >= 4 is 11.1 Å². The molecule has 0 spiro atoms. The van der Waals surface area contributed by atoms with Crippen molar-refractivity contribution in [1.82, 2.24) is 4.98 Å². The van der Waals surface area contributed by atoms with Gasteiger partial charge in [0.2, 0.25) is 5.89 Å². The van der Waals surface area contributed by atoms with Crippen molar-refractivity contribution in [2.24, 2.45) is 5.73 Å². The fourth-order valence-corrected chi connectivity index (χ4v) is 2.05. The maximum atomic E-state index is 13.1. The van der Waals surface area contributed by atoms with Crippen molar-refractivity contribution in [2.45, 2.75) is 6.42 Å². The van der Waals surface area contributed by atoms with Crippen LogP contribution >= 0.6 is 0 Å². The Labute approximate surface area is 109 Å². The maximum absolute atomic E-state index is 13.1. The number of hydrogen-bond donors (Lipinski definition) is 1. The lowest BCUT2D eigenvalue weighted by Crippen LogP contribution is -2.02. The summed E-state index contributed by atoms with van der Waals surface area (Å²) in [5.74, 6) is 0.173. The zero-order valence-corrected chi connectivity index (χ0v) is 10.3. The van der Waals surface area contributed by atoms with Crippen LogP contribution in [0.5, 0.6) is 0 Å². The lowest BCUT2D eigenvalue weighted by Gasteiger charge is -2.00. The summed E-state index contributed by atoms with van der Waals surface area (Å²) >= 11 is 0. The van der Waals surface area contributed by atoms with E-state index in [4.69, 9.17) is 10.2 Å². The Bertz CT molecular complexity index is 721. The van der Waals surface area contributed by atoms with Crippen LogP contribution in [0.4, 0.5) is 4.39 Å². The second-order valence-corrected chi connectivity index (χ2v) is 4.37. The Balaban J connectivity index is 2.05. The molecule has 2 aromatic carbocycles.